The van der Waals surface area contributed by atoms with Gasteiger partial charge in [-0.3, -0.25) is 5.10 Å². The molecular formula is C13H15F3N2. The SMILES string of the molecule is Cc1ccc2[nH]nc(C(F)(F)F)c2c1C(C)(C)C. The summed E-state index contributed by atoms with van der Waals surface area (Å²) in [6.45, 7) is 7.54. The number of nitrogens with zero attached hydrogens (tertiary/aromatic N) is 1. The molecule has 1 heterocycles. The molecule has 0 unspecified atom stereocenters. The van der Waals surface area contributed by atoms with E-state index >= 15 is 0 Å². The van der Waals surface area contributed by atoms with Gasteiger partial charge in [0.25, 0.3) is 0 Å². The average molecular weight is 256 g/mol. The lowest BCUT2D eigenvalue weighted by molar-refractivity contribution is -0.140. The van der Waals surface area contributed by atoms with Crippen molar-refractivity contribution in [3.05, 3.63) is 29.0 Å². The third-order valence-corrected chi connectivity index (χ3v) is 2.96. The molecule has 1 N–H and O–H groups in total. The van der Waals surface area contributed by atoms with E-state index in [0.29, 0.717) is 11.1 Å². The fourth-order valence-electron chi connectivity index (χ4n) is 2.39. The van der Waals surface area contributed by atoms with Crippen LogP contribution in [0.25, 0.3) is 10.9 Å². The van der Waals surface area contributed by atoms with Crippen molar-refractivity contribution in [2.75, 3.05) is 0 Å². The van der Waals surface area contributed by atoms with Crippen molar-refractivity contribution in [3.8, 4) is 0 Å². The number of nitrogens with one attached hydrogen (secondary N) is 1. The lowest BCUT2D eigenvalue weighted by atomic mass is 9.81. The van der Waals surface area contributed by atoms with Crippen LogP contribution in [0.5, 0.6) is 0 Å². The zero-order valence-electron chi connectivity index (χ0n) is 10.7. The number of aromatic nitrogens is 2. The Balaban J connectivity index is 2.91. The van der Waals surface area contributed by atoms with E-state index in [-0.39, 0.29) is 10.8 Å². The summed E-state index contributed by atoms with van der Waals surface area (Å²) in [5, 5.41) is 6.09. The van der Waals surface area contributed by atoms with Crippen LogP contribution in [-0.4, -0.2) is 10.2 Å². The van der Waals surface area contributed by atoms with Crippen molar-refractivity contribution in [1.29, 1.82) is 0 Å². The van der Waals surface area contributed by atoms with E-state index in [1.165, 1.54) is 0 Å². The van der Waals surface area contributed by atoms with Gasteiger partial charge < -0.3 is 0 Å². The van der Waals surface area contributed by atoms with Gasteiger partial charge in [-0.25, -0.2) is 0 Å². The van der Waals surface area contributed by atoms with E-state index in [9.17, 15) is 13.2 Å². The molecule has 0 saturated carbocycles. The van der Waals surface area contributed by atoms with E-state index in [0.717, 1.165) is 5.56 Å². The number of hydrogen-bond acceptors (Lipinski definition) is 1. The highest BCUT2D eigenvalue weighted by Gasteiger charge is 2.38. The number of benzene rings is 1. The Morgan fingerprint density at radius 2 is 1.72 bits per heavy atom. The molecule has 0 amide bonds. The summed E-state index contributed by atoms with van der Waals surface area (Å²) >= 11 is 0. The molecule has 0 aliphatic heterocycles. The third kappa shape index (κ3) is 1.98. The number of halogens is 3. The van der Waals surface area contributed by atoms with E-state index in [2.05, 4.69) is 10.2 Å². The average Bonchev–Trinajstić information content (AvgIpc) is 2.57. The normalized spacial score (nSPS) is 13.3. The molecule has 0 fully saturated rings. The summed E-state index contributed by atoms with van der Waals surface area (Å²) in [5.74, 6) is 0. The number of H-pyrrole nitrogens is 1. The van der Waals surface area contributed by atoms with Crippen molar-refractivity contribution >= 4 is 10.9 Å². The molecule has 0 radical (unpaired) electrons. The minimum absolute atomic E-state index is 0.190. The fourth-order valence-corrected chi connectivity index (χ4v) is 2.39. The molecule has 1 aromatic heterocycles. The van der Waals surface area contributed by atoms with Crippen LogP contribution in [0.4, 0.5) is 13.2 Å². The van der Waals surface area contributed by atoms with Crippen LogP contribution in [0.1, 0.15) is 37.6 Å². The second-order valence-corrected chi connectivity index (χ2v) is 5.50. The van der Waals surface area contributed by atoms with Crippen LogP contribution < -0.4 is 0 Å². The molecule has 2 aromatic rings. The number of aryl methyl sites for hydroxylation is 1. The molecule has 98 valence electrons. The first-order chi connectivity index (χ1) is 8.12. The summed E-state index contributed by atoms with van der Waals surface area (Å²) in [7, 11) is 0. The Morgan fingerprint density at radius 3 is 2.22 bits per heavy atom. The van der Waals surface area contributed by atoms with Crippen LogP contribution in [0, 0.1) is 6.92 Å². The Kier molecular flexibility index (Phi) is 2.68. The maximum Gasteiger partial charge on any atom is 0.435 e. The number of fused-ring (bicyclic) bond motifs is 1. The first kappa shape index (κ1) is 12.9. The quantitative estimate of drug-likeness (QED) is 0.752. The van der Waals surface area contributed by atoms with Gasteiger partial charge in [-0.05, 0) is 29.5 Å². The summed E-state index contributed by atoms with van der Waals surface area (Å²) in [4.78, 5) is 0. The van der Waals surface area contributed by atoms with Crippen molar-refractivity contribution in [1.82, 2.24) is 10.2 Å². The van der Waals surface area contributed by atoms with E-state index in [1.807, 2.05) is 33.8 Å². The second-order valence-electron chi connectivity index (χ2n) is 5.50. The van der Waals surface area contributed by atoms with Gasteiger partial charge >= 0.3 is 6.18 Å². The molecule has 18 heavy (non-hydrogen) atoms. The monoisotopic (exact) mass is 256 g/mol. The molecule has 0 bridgehead atoms. The van der Waals surface area contributed by atoms with Crippen molar-refractivity contribution in [2.24, 2.45) is 0 Å². The van der Waals surface area contributed by atoms with E-state index in [1.54, 1.807) is 6.07 Å². The number of hydrogen-bond donors (Lipinski definition) is 1. The first-order valence-electron chi connectivity index (χ1n) is 5.67. The van der Waals surface area contributed by atoms with Gasteiger partial charge in [0.1, 0.15) is 0 Å². The van der Waals surface area contributed by atoms with Gasteiger partial charge in [0.15, 0.2) is 5.69 Å². The largest absolute Gasteiger partial charge is 0.435 e. The molecule has 0 saturated heterocycles. The Morgan fingerprint density at radius 1 is 1.11 bits per heavy atom. The highest BCUT2D eigenvalue weighted by molar-refractivity contribution is 5.87. The smallest absolute Gasteiger partial charge is 0.277 e. The Hall–Kier alpha value is -1.52. The first-order valence-corrected chi connectivity index (χ1v) is 5.67. The molecule has 0 aliphatic rings. The third-order valence-electron chi connectivity index (χ3n) is 2.96. The number of aromatic amines is 1. The van der Waals surface area contributed by atoms with Gasteiger partial charge in [-0.1, -0.05) is 26.8 Å². The summed E-state index contributed by atoms with van der Waals surface area (Å²) in [6.07, 6.45) is -4.44. The maximum absolute atomic E-state index is 13.0. The van der Waals surface area contributed by atoms with Crippen LogP contribution in [0.15, 0.2) is 12.1 Å². The highest BCUT2D eigenvalue weighted by atomic mass is 19.4. The zero-order chi connectivity index (χ0) is 13.7. The van der Waals surface area contributed by atoms with Crippen LogP contribution >= 0.6 is 0 Å². The Bertz CT molecular complexity index is 589. The summed E-state index contributed by atoms with van der Waals surface area (Å²) in [5.41, 5.74) is 0.778. The molecule has 2 nitrogen and oxygen atoms in total. The zero-order valence-corrected chi connectivity index (χ0v) is 10.7. The predicted octanol–water partition coefficient (Wildman–Crippen LogP) is 4.19. The molecule has 1 aromatic carbocycles. The minimum atomic E-state index is -4.44. The highest BCUT2D eigenvalue weighted by Crippen LogP contribution is 2.39. The number of alkyl halides is 3. The topological polar surface area (TPSA) is 28.7 Å². The minimum Gasteiger partial charge on any atom is -0.277 e. The fraction of sp³-hybridized carbons (Fsp3) is 0.462. The van der Waals surface area contributed by atoms with Crippen molar-refractivity contribution in [3.63, 3.8) is 0 Å². The molecule has 5 heteroatoms. The molecule has 0 atom stereocenters. The van der Waals surface area contributed by atoms with Gasteiger partial charge in [0.2, 0.25) is 0 Å². The standard InChI is InChI=1S/C13H15F3N2/c1-7-5-6-8-9(10(7)12(2,3)4)11(18-17-8)13(14,15)16/h5-6H,1-4H3,(H,17,18). The van der Waals surface area contributed by atoms with E-state index < -0.39 is 11.9 Å². The lowest BCUT2D eigenvalue weighted by Crippen LogP contribution is -2.16. The second kappa shape index (κ2) is 3.73. The summed E-state index contributed by atoms with van der Waals surface area (Å²) < 4.78 is 38.9. The lowest BCUT2D eigenvalue weighted by Gasteiger charge is -2.23. The Labute approximate surface area is 103 Å². The van der Waals surface area contributed by atoms with Gasteiger partial charge in [-0.2, -0.15) is 18.3 Å². The number of rotatable bonds is 0. The van der Waals surface area contributed by atoms with Crippen LogP contribution in [0.2, 0.25) is 0 Å². The van der Waals surface area contributed by atoms with Crippen molar-refractivity contribution < 1.29 is 13.2 Å². The summed E-state index contributed by atoms with van der Waals surface area (Å²) in [6, 6.07) is 3.46. The molecular weight excluding hydrogens is 241 g/mol. The van der Waals surface area contributed by atoms with Crippen LogP contribution in [0.3, 0.4) is 0 Å². The maximum atomic E-state index is 13.0. The molecule has 0 aliphatic carbocycles. The van der Waals surface area contributed by atoms with Crippen molar-refractivity contribution in [2.45, 2.75) is 39.3 Å². The van der Waals surface area contributed by atoms with Crippen LogP contribution in [-0.2, 0) is 11.6 Å². The van der Waals surface area contributed by atoms with Gasteiger partial charge in [0, 0.05) is 5.39 Å². The van der Waals surface area contributed by atoms with Gasteiger partial charge in [-0.15, -0.1) is 0 Å². The van der Waals surface area contributed by atoms with E-state index in [4.69, 9.17) is 0 Å². The molecule has 0 spiro atoms. The van der Waals surface area contributed by atoms with Gasteiger partial charge in [0.05, 0.1) is 5.52 Å². The molecule has 2 rings (SSSR count). The predicted molar refractivity (Wildman–Crippen MR) is 64.5 cm³/mol.